The van der Waals surface area contributed by atoms with Crippen molar-refractivity contribution < 1.29 is 9.32 Å². The smallest absolute Gasteiger partial charge is 0.258 e. The van der Waals surface area contributed by atoms with Gasteiger partial charge in [-0.1, -0.05) is 35.0 Å². The zero-order valence-electron chi connectivity index (χ0n) is 15.6. The van der Waals surface area contributed by atoms with Gasteiger partial charge in [-0.2, -0.15) is 4.98 Å². The second-order valence-electron chi connectivity index (χ2n) is 7.32. The van der Waals surface area contributed by atoms with E-state index in [9.17, 15) is 4.79 Å². The van der Waals surface area contributed by atoms with Crippen LogP contribution < -0.4 is 0 Å². The molecule has 1 fully saturated rings. The van der Waals surface area contributed by atoms with E-state index in [0.29, 0.717) is 36.2 Å². The van der Waals surface area contributed by atoms with Crippen LogP contribution in [0.2, 0.25) is 5.02 Å². The average Bonchev–Trinajstić information content (AvgIpc) is 3.47. The molecular formula is C22H19ClN4O2. The van der Waals surface area contributed by atoms with Crippen LogP contribution in [0.4, 0.5) is 0 Å². The maximum Gasteiger partial charge on any atom is 0.258 e. The normalized spacial score (nSPS) is 16.8. The Hall–Kier alpha value is -3.12. The van der Waals surface area contributed by atoms with Crippen molar-refractivity contribution in [3.63, 3.8) is 0 Å². The zero-order chi connectivity index (χ0) is 19.8. The monoisotopic (exact) mass is 406 g/mol. The number of aromatic amines is 1. The number of benzene rings is 2. The van der Waals surface area contributed by atoms with Crippen molar-refractivity contribution in [2.24, 2.45) is 0 Å². The summed E-state index contributed by atoms with van der Waals surface area (Å²) in [5.41, 5.74) is 3.07. The van der Waals surface area contributed by atoms with Crippen LogP contribution in [0.25, 0.3) is 22.4 Å². The van der Waals surface area contributed by atoms with Crippen LogP contribution in [0.1, 0.15) is 23.7 Å². The number of nitrogens with one attached hydrogen (secondary N) is 1. The Morgan fingerprint density at radius 2 is 2.03 bits per heavy atom. The highest BCUT2D eigenvalue weighted by atomic mass is 35.5. The van der Waals surface area contributed by atoms with Crippen LogP contribution in [0.15, 0.2) is 59.3 Å². The molecular weight excluding hydrogens is 388 g/mol. The number of nitrogens with zero attached hydrogens (tertiary/aromatic N) is 3. The molecule has 1 aliphatic heterocycles. The first-order valence-electron chi connectivity index (χ1n) is 9.60. The van der Waals surface area contributed by atoms with Crippen molar-refractivity contribution >= 4 is 28.4 Å². The molecule has 29 heavy (non-hydrogen) atoms. The number of rotatable bonds is 5. The number of hydrogen-bond donors (Lipinski definition) is 1. The van der Waals surface area contributed by atoms with Crippen LogP contribution in [-0.4, -0.2) is 39.0 Å². The first-order chi connectivity index (χ1) is 14.2. The van der Waals surface area contributed by atoms with Crippen LogP contribution >= 0.6 is 11.6 Å². The Bertz CT molecular complexity index is 1170. The van der Waals surface area contributed by atoms with E-state index in [0.717, 1.165) is 28.5 Å². The number of carbonyl (C=O) groups is 1. The molecule has 5 rings (SSSR count). The summed E-state index contributed by atoms with van der Waals surface area (Å²) in [5.74, 6) is 1.16. The van der Waals surface area contributed by atoms with Crippen LogP contribution in [0.5, 0.6) is 0 Å². The van der Waals surface area contributed by atoms with Crippen LogP contribution in [0, 0.1) is 0 Å². The first-order valence-corrected chi connectivity index (χ1v) is 9.97. The van der Waals surface area contributed by atoms with Crippen LogP contribution in [0.3, 0.4) is 0 Å². The fourth-order valence-corrected chi connectivity index (χ4v) is 3.98. The van der Waals surface area contributed by atoms with Gasteiger partial charge in [-0.25, -0.2) is 0 Å². The van der Waals surface area contributed by atoms with Crippen molar-refractivity contribution in [1.29, 1.82) is 0 Å². The number of carbonyl (C=O) groups excluding carboxylic acids is 1. The molecule has 6 nitrogen and oxygen atoms in total. The van der Waals surface area contributed by atoms with Gasteiger partial charge in [0.15, 0.2) is 5.82 Å². The number of halogens is 1. The lowest BCUT2D eigenvalue weighted by Gasteiger charge is -2.15. The highest BCUT2D eigenvalue weighted by Gasteiger charge is 2.33. The van der Waals surface area contributed by atoms with Gasteiger partial charge >= 0.3 is 0 Å². The summed E-state index contributed by atoms with van der Waals surface area (Å²) < 4.78 is 5.53. The quantitative estimate of drug-likeness (QED) is 0.532. The van der Waals surface area contributed by atoms with Gasteiger partial charge in [0.25, 0.3) is 5.89 Å². The minimum atomic E-state index is -0.0457. The van der Waals surface area contributed by atoms with Crippen molar-refractivity contribution in [2.45, 2.75) is 18.8 Å². The minimum absolute atomic E-state index is 0.0457. The Kier molecular flexibility index (Phi) is 4.56. The Balaban J connectivity index is 1.29. The highest BCUT2D eigenvalue weighted by Crippen LogP contribution is 2.31. The Morgan fingerprint density at radius 1 is 1.17 bits per heavy atom. The standard InChI is InChI=1S/C22H19ClN4O2/c23-16-6-4-14(5-7-16)9-11-27-13-15(12-20(27)28)21-25-22(29-26-21)18-2-1-3-19-17(18)8-10-24-19/h1-8,10,15,24H,9,11-13H2. The summed E-state index contributed by atoms with van der Waals surface area (Å²) in [6, 6.07) is 15.6. The van der Waals surface area contributed by atoms with E-state index in [1.165, 1.54) is 0 Å². The van der Waals surface area contributed by atoms with Gasteiger partial charge in [-0.3, -0.25) is 4.79 Å². The van der Waals surface area contributed by atoms with Crippen molar-refractivity contribution in [1.82, 2.24) is 20.0 Å². The number of H-pyrrole nitrogens is 1. The third kappa shape index (κ3) is 3.51. The van der Waals surface area contributed by atoms with E-state index >= 15 is 0 Å². The SMILES string of the molecule is O=C1CC(c2noc(-c3cccc4[nH]ccc34)n2)CN1CCc1ccc(Cl)cc1. The molecule has 1 amide bonds. The summed E-state index contributed by atoms with van der Waals surface area (Å²) in [6.07, 6.45) is 3.09. The third-order valence-electron chi connectivity index (χ3n) is 5.43. The molecule has 0 saturated carbocycles. The zero-order valence-corrected chi connectivity index (χ0v) is 16.4. The molecule has 0 bridgehead atoms. The van der Waals surface area contributed by atoms with E-state index in [2.05, 4.69) is 15.1 Å². The molecule has 0 aliphatic carbocycles. The Morgan fingerprint density at radius 3 is 2.90 bits per heavy atom. The highest BCUT2D eigenvalue weighted by molar-refractivity contribution is 6.30. The lowest BCUT2D eigenvalue weighted by Crippen LogP contribution is -2.27. The fourth-order valence-electron chi connectivity index (χ4n) is 3.86. The van der Waals surface area contributed by atoms with Crippen LogP contribution in [-0.2, 0) is 11.2 Å². The predicted molar refractivity (Wildman–Crippen MR) is 111 cm³/mol. The van der Waals surface area contributed by atoms with Crippen molar-refractivity contribution in [2.75, 3.05) is 13.1 Å². The summed E-state index contributed by atoms with van der Waals surface area (Å²) in [7, 11) is 0. The molecule has 1 aliphatic rings. The molecule has 3 heterocycles. The van der Waals surface area contributed by atoms with E-state index in [4.69, 9.17) is 16.1 Å². The number of aromatic nitrogens is 3. The molecule has 2 aromatic heterocycles. The van der Waals surface area contributed by atoms with Gasteiger partial charge in [0, 0.05) is 53.1 Å². The van der Waals surface area contributed by atoms with Gasteiger partial charge in [-0.15, -0.1) is 0 Å². The fraction of sp³-hybridized carbons (Fsp3) is 0.227. The van der Waals surface area contributed by atoms with E-state index < -0.39 is 0 Å². The number of hydrogen-bond acceptors (Lipinski definition) is 4. The molecule has 7 heteroatoms. The average molecular weight is 407 g/mol. The second kappa shape index (κ2) is 7.37. The molecule has 146 valence electrons. The maximum atomic E-state index is 12.5. The summed E-state index contributed by atoms with van der Waals surface area (Å²) >= 11 is 5.93. The van der Waals surface area contributed by atoms with E-state index in [1.807, 2.05) is 59.6 Å². The number of likely N-dealkylation sites (tertiary alicyclic amines) is 1. The van der Waals surface area contributed by atoms with Crippen molar-refractivity contribution in [3.8, 4) is 11.5 Å². The molecule has 0 radical (unpaired) electrons. The summed E-state index contributed by atoms with van der Waals surface area (Å²) in [4.78, 5) is 22.1. The third-order valence-corrected chi connectivity index (χ3v) is 5.68. The first kappa shape index (κ1) is 17.9. The topological polar surface area (TPSA) is 75.0 Å². The molecule has 1 N–H and O–H groups in total. The van der Waals surface area contributed by atoms with E-state index in [1.54, 1.807) is 0 Å². The largest absolute Gasteiger partial charge is 0.361 e. The minimum Gasteiger partial charge on any atom is -0.361 e. The van der Waals surface area contributed by atoms with Crippen molar-refractivity contribution in [3.05, 3.63) is 71.1 Å². The molecule has 0 spiro atoms. The summed E-state index contributed by atoms with van der Waals surface area (Å²) in [6.45, 7) is 1.28. The van der Waals surface area contributed by atoms with Gasteiger partial charge in [0.05, 0.1) is 0 Å². The number of fused-ring (bicyclic) bond motifs is 1. The molecule has 1 saturated heterocycles. The molecule has 2 aromatic carbocycles. The van der Waals surface area contributed by atoms with Gasteiger partial charge in [0.1, 0.15) is 0 Å². The Labute approximate surface area is 172 Å². The van der Waals surface area contributed by atoms with Gasteiger partial charge in [-0.05, 0) is 42.3 Å². The lowest BCUT2D eigenvalue weighted by atomic mass is 10.1. The van der Waals surface area contributed by atoms with Gasteiger partial charge in [0.2, 0.25) is 5.91 Å². The predicted octanol–water partition coefficient (Wildman–Crippen LogP) is 4.43. The molecule has 1 atom stereocenters. The second-order valence-corrected chi connectivity index (χ2v) is 7.76. The van der Waals surface area contributed by atoms with Gasteiger partial charge < -0.3 is 14.4 Å². The van der Waals surface area contributed by atoms with E-state index in [-0.39, 0.29) is 11.8 Å². The summed E-state index contributed by atoms with van der Waals surface area (Å²) in [5, 5.41) is 5.93. The molecule has 1 unspecified atom stereocenters. The number of amides is 1. The lowest BCUT2D eigenvalue weighted by molar-refractivity contribution is -0.127. The molecule has 4 aromatic rings. The maximum absolute atomic E-state index is 12.5.